The second-order valence-electron chi connectivity index (χ2n) is 11.4. The van der Waals surface area contributed by atoms with Crippen LogP contribution in [-0.2, 0) is 0 Å². The van der Waals surface area contributed by atoms with Crippen molar-refractivity contribution in [3.8, 4) is 28.7 Å². The first kappa shape index (κ1) is 28.1. The predicted octanol–water partition coefficient (Wildman–Crippen LogP) is 5.60. The summed E-state index contributed by atoms with van der Waals surface area (Å²) in [4.78, 5) is 12.3. The number of aromatic hydroxyl groups is 4. The van der Waals surface area contributed by atoms with Crippen molar-refractivity contribution in [3.05, 3.63) is 41.0 Å². The number of phenolic OH excluding ortho intramolecular Hbond substituents is 4. The molecule has 1 aliphatic heterocycles. The van der Waals surface area contributed by atoms with Gasteiger partial charge >= 0.3 is 0 Å². The van der Waals surface area contributed by atoms with E-state index in [9.17, 15) is 30.3 Å². The Morgan fingerprint density at radius 1 is 0.788 bits per heavy atom. The van der Waals surface area contributed by atoms with Gasteiger partial charge in [0.15, 0.2) is 23.7 Å². The van der Waals surface area contributed by atoms with Gasteiger partial charge in [-0.05, 0) is 41.0 Å². The number of phenols is 4. The second kappa shape index (κ2) is 10.3. The number of aliphatic hydroxyl groups is 1. The van der Waals surface area contributed by atoms with Crippen molar-refractivity contribution in [1.82, 2.24) is 0 Å². The third-order valence-corrected chi connectivity index (χ3v) is 3.75. The minimum Gasteiger partial charge on any atom is -0.508 e. The highest BCUT2D eigenvalue weighted by Crippen LogP contribution is 2.43. The number of ketones is 1. The number of carbonyl (C=O) groups is 1. The second-order valence-corrected chi connectivity index (χ2v) is 11.4. The van der Waals surface area contributed by atoms with Gasteiger partial charge < -0.3 is 30.3 Å². The molecule has 0 aromatic heterocycles. The number of hydrogen-bond acceptors (Lipinski definition) is 7. The molecule has 7 nitrogen and oxygen atoms in total. The van der Waals surface area contributed by atoms with Crippen molar-refractivity contribution in [2.75, 3.05) is 0 Å². The highest BCUT2D eigenvalue weighted by Gasteiger charge is 2.39. The molecule has 2 atom stereocenters. The van der Waals surface area contributed by atoms with Crippen molar-refractivity contribution in [1.29, 1.82) is 0 Å². The first-order valence-electron chi connectivity index (χ1n) is 10.8. The first-order valence-corrected chi connectivity index (χ1v) is 10.8. The van der Waals surface area contributed by atoms with E-state index in [1.807, 2.05) is 0 Å². The van der Waals surface area contributed by atoms with E-state index in [-0.39, 0.29) is 28.4 Å². The van der Waals surface area contributed by atoms with E-state index in [4.69, 9.17) is 4.74 Å². The molecule has 0 bridgehead atoms. The zero-order valence-corrected chi connectivity index (χ0v) is 21.0. The summed E-state index contributed by atoms with van der Waals surface area (Å²) >= 11 is 0. The molecule has 0 spiro atoms. The fourth-order valence-electron chi connectivity index (χ4n) is 2.62. The molecule has 1 aliphatic rings. The number of Topliss-reactive ketones (excluding diaryl/α,β-unsaturated/α-hetero) is 1. The third kappa shape index (κ3) is 8.85. The van der Waals surface area contributed by atoms with Crippen LogP contribution in [0.25, 0.3) is 0 Å². The average Bonchev–Trinajstić information content (AvgIpc) is 2.58. The van der Waals surface area contributed by atoms with Crippen molar-refractivity contribution in [2.45, 2.75) is 74.5 Å². The molecule has 0 fully saturated rings. The molecule has 0 aliphatic carbocycles. The highest BCUT2D eigenvalue weighted by atomic mass is 16.5. The Labute approximate surface area is 196 Å². The first-order chi connectivity index (χ1) is 14.8. The maximum Gasteiger partial charge on any atom is 0.202 e. The van der Waals surface area contributed by atoms with E-state index >= 15 is 0 Å². The van der Waals surface area contributed by atoms with Gasteiger partial charge in [-0.25, -0.2) is 0 Å². The van der Waals surface area contributed by atoms with Crippen LogP contribution in [-0.4, -0.2) is 37.4 Å². The SMILES string of the molecule is CC(C)(C)C.CC(C)(C)C.Cc1cc(C2Oc3cc(O)cc(O)c3C(=O)C2O)cc(O)c1O. The summed E-state index contributed by atoms with van der Waals surface area (Å²) in [5.41, 5.74) is 1.39. The Bertz CT molecular complexity index is 934. The van der Waals surface area contributed by atoms with E-state index in [0.717, 1.165) is 12.1 Å². The lowest BCUT2D eigenvalue weighted by Gasteiger charge is -2.30. The fourth-order valence-corrected chi connectivity index (χ4v) is 2.62. The van der Waals surface area contributed by atoms with Gasteiger partial charge in [-0.3, -0.25) is 4.79 Å². The number of rotatable bonds is 1. The lowest BCUT2D eigenvalue weighted by atomic mass is 9.92. The summed E-state index contributed by atoms with van der Waals surface area (Å²) < 4.78 is 5.53. The standard InChI is InChI=1S/C16H14O7.2C5H12/c1-6-2-7(3-10(19)13(6)20)16-15(22)14(21)12-9(18)4-8(17)5-11(12)23-16;2*1-5(2,3)4/h2-5,15-20,22H,1H3;2*1-4H3. The van der Waals surface area contributed by atoms with Crippen LogP contribution >= 0.6 is 0 Å². The summed E-state index contributed by atoms with van der Waals surface area (Å²) in [6.07, 6.45) is -2.76. The van der Waals surface area contributed by atoms with Gasteiger partial charge in [-0.1, -0.05) is 55.4 Å². The average molecular weight is 463 g/mol. The molecule has 0 radical (unpaired) electrons. The van der Waals surface area contributed by atoms with Gasteiger partial charge in [0.2, 0.25) is 5.78 Å². The molecule has 0 saturated carbocycles. The molecule has 5 N–H and O–H groups in total. The predicted molar refractivity (Wildman–Crippen MR) is 128 cm³/mol. The molecular formula is C26H38O7. The largest absolute Gasteiger partial charge is 0.508 e. The number of aryl methyl sites for hydroxylation is 1. The molecule has 2 aromatic rings. The van der Waals surface area contributed by atoms with E-state index in [1.54, 1.807) is 6.92 Å². The highest BCUT2D eigenvalue weighted by molar-refractivity contribution is 6.05. The Kier molecular flexibility index (Phi) is 8.80. The van der Waals surface area contributed by atoms with Crippen LogP contribution in [0.2, 0.25) is 0 Å². The molecule has 7 heteroatoms. The molecule has 2 aromatic carbocycles. The summed E-state index contributed by atoms with van der Waals surface area (Å²) in [6.45, 7) is 19.0. The van der Waals surface area contributed by atoms with Crippen LogP contribution in [0.4, 0.5) is 0 Å². The molecule has 3 rings (SSSR count). The van der Waals surface area contributed by atoms with E-state index in [2.05, 4.69) is 55.4 Å². The Hall–Kier alpha value is -2.93. The lowest BCUT2D eigenvalue weighted by molar-refractivity contribution is 0.0209. The molecule has 1 heterocycles. The van der Waals surface area contributed by atoms with Crippen molar-refractivity contribution in [3.63, 3.8) is 0 Å². The van der Waals surface area contributed by atoms with Crippen molar-refractivity contribution in [2.24, 2.45) is 10.8 Å². The van der Waals surface area contributed by atoms with Crippen LogP contribution in [0.5, 0.6) is 28.7 Å². The number of hydrogen-bond donors (Lipinski definition) is 5. The van der Waals surface area contributed by atoms with Crippen LogP contribution in [0.1, 0.15) is 83.0 Å². The lowest BCUT2D eigenvalue weighted by Crippen LogP contribution is -2.36. The van der Waals surface area contributed by atoms with E-state index in [1.165, 1.54) is 12.1 Å². The third-order valence-electron chi connectivity index (χ3n) is 3.75. The van der Waals surface area contributed by atoms with Gasteiger partial charge in [0, 0.05) is 12.1 Å². The normalized spacial score (nSPS) is 17.6. The summed E-state index contributed by atoms with van der Waals surface area (Å²) in [5.74, 6) is -2.35. The molecule has 184 valence electrons. The van der Waals surface area contributed by atoms with Crippen LogP contribution in [0.15, 0.2) is 24.3 Å². The maximum atomic E-state index is 12.3. The smallest absolute Gasteiger partial charge is 0.202 e. The van der Waals surface area contributed by atoms with Gasteiger partial charge in [0.1, 0.15) is 22.8 Å². The summed E-state index contributed by atoms with van der Waals surface area (Å²) in [7, 11) is 0. The summed E-state index contributed by atoms with van der Waals surface area (Å²) in [5, 5.41) is 48.8. The molecule has 2 unspecified atom stereocenters. The molecule has 0 amide bonds. The molecule has 0 saturated heterocycles. The minimum absolute atomic E-state index is 0.0759. The number of fused-ring (bicyclic) bond motifs is 1. The number of benzene rings is 2. The fraction of sp³-hybridized carbons (Fsp3) is 0.500. The van der Waals surface area contributed by atoms with Crippen LogP contribution < -0.4 is 4.74 Å². The van der Waals surface area contributed by atoms with E-state index in [0.29, 0.717) is 16.4 Å². The minimum atomic E-state index is -1.61. The molecule has 33 heavy (non-hydrogen) atoms. The monoisotopic (exact) mass is 462 g/mol. The van der Waals surface area contributed by atoms with E-state index < -0.39 is 29.5 Å². The zero-order chi connectivity index (χ0) is 25.9. The Morgan fingerprint density at radius 3 is 1.73 bits per heavy atom. The topological polar surface area (TPSA) is 127 Å². The quantitative estimate of drug-likeness (QED) is 0.349. The van der Waals surface area contributed by atoms with Gasteiger partial charge in [0.25, 0.3) is 0 Å². The Balaban J connectivity index is 0.000000460. The number of aliphatic hydroxyl groups excluding tert-OH is 1. The zero-order valence-electron chi connectivity index (χ0n) is 21.0. The van der Waals surface area contributed by atoms with Crippen molar-refractivity contribution < 1.29 is 35.1 Å². The summed E-state index contributed by atoms with van der Waals surface area (Å²) in [6, 6.07) is 4.77. The van der Waals surface area contributed by atoms with Crippen LogP contribution in [0, 0.1) is 17.8 Å². The number of carbonyl (C=O) groups excluding carboxylic acids is 1. The van der Waals surface area contributed by atoms with Crippen LogP contribution in [0.3, 0.4) is 0 Å². The van der Waals surface area contributed by atoms with Gasteiger partial charge in [-0.2, -0.15) is 0 Å². The Morgan fingerprint density at radius 2 is 1.27 bits per heavy atom. The molecular weight excluding hydrogens is 424 g/mol. The van der Waals surface area contributed by atoms with Crippen molar-refractivity contribution >= 4 is 5.78 Å². The number of ether oxygens (including phenoxy) is 1. The maximum absolute atomic E-state index is 12.3. The van der Waals surface area contributed by atoms with Gasteiger partial charge in [0.05, 0.1) is 0 Å². The van der Waals surface area contributed by atoms with Gasteiger partial charge in [-0.15, -0.1) is 0 Å².